The molecule has 1 aromatic heterocycles. The molecule has 1 amide bonds. The van der Waals surface area contributed by atoms with Crippen LogP contribution in [0.1, 0.15) is 10.4 Å². The molecule has 2 heterocycles. The van der Waals surface area contributed by atoms with E-state index in [2.05, 4.69) is 20.8 Å². The molecule has 7 nitrogen and oxygen atoms in total. The minimum absolute atomic E-state index is 0.0576. The van der Waals surface area contributed by atoms with Crippen molar-refractivity contribution in [3.63, 3.8) is 0 Å². The van der Waals surface area contributed by atoms with Crippen molar-refractivity contribution in [2.45, 2.75) is 0 Å². The zero-order valence-electron chi connectivity index (χ0n) is 14.1. The quantitative estimate of drug-likeness (QED) is 0.736. The van der Waals surface area contributed by atoms with Gasteiger partial charge in [-0.15, -0.1) is 10.2 Å². The van der Waals surface area contributed by atoms with Crippen LogP contribution in [0, 0.1) is 5.82 Å². The van der Waals surface area contributed by atoms with Crippen LogP contribution in [0.5, 0.6) is 11.5 Å². The molecule has 0 unspecified atom stereocenters. The van der Waals surface area contributed by atoms with Crippen molar-refractivity contribution in [2.75, 3.05) is 23.8 Å². The minimum Gasteiger partial charge on any atom is -0.486 e. The number of nitrogens with zero attached hydrogens (tertiary/aromatic N) is 2. The second-order valence-electron chi connectivity index (χ2n) is 5.72. The molecule has 0 fully saturated rings. The lowest BCUT2D eigenvalue weighted by Gasteiger charge is -2.19. The summed E-state index contributed by atoms with van der Waals surface area (Å²) in [7, 11) is 0. The Morgan fingerprint density at radius 1 is 0.926 bits per heavy atom. The molecular formula is C19H15FN4O3. The summed E-state index contributed by atoms with van der Waals surface area (Å²) in [6, 6.07) is 14.4. The van der Waals surface area contributed by atoms with Gasteiger partial charge in [0.2, 0.25) is 0 Å². The Labute approximate surface area is 154 Å². The van der Waals surface area contributed by atoms with Crippen LogP contribution in [-0.4, -0.2) is 29.3 Å². The predicted octanol–water partition coefficient (Wildman–Crippen LogP) is 3.38. The van der Waals surface area contributed by atoms with Crippen molar-refractivity contribution < 1.29 is 18.7 Å². The molecule has 4 rings (SSSR count). The highest BCUT2D eigenvalue weighted by atomic mass is 19.1. The fourth-order valence-electron chi connectivity index (χ4n) is 2.56. The number of benzene rings is 2. The maximum Gasteiger partial charge on any atom is 0.259 e. The van der Waals surface area contributed by atoms with Crippen molar-refractivity contribution in [1.29, 1.82) is 0 Å². The van der Waals surface area contributed by atoms with E-state index in [0.717, 1.165) is 5.69 Å². The van der Waals surface area contributed by atoms with Gasteiger partial charge in [0.05, 0.1) is 5.56 Å². The maximum atomic E-state index is 13.6. The highest BCUT2D eigenvalue weighted by molar-refractivity contribution is 6.03. The van der Waals surface area contributed by atoms with Gasteiger partial charge in [-0.25, -0.2) is 4.39 Å². The molecule has 0 atom stereocenters. The van der Waals surface area contributed by atoms with Crippen molar-refractivity contribution in [3.8, 4) is 11.5 Å². The van der Waals surface area contributed by atoms with Gasteiger partial charge in [-0.05, 0) is 36.4 Å². The van der Waals surface area contributed by atoms with Gasteiger partial charge >= 0.3 is 0 Å². The number of ether oxygens (including phenoxy) is 2. The van der Waals surface area contributed by atoms with Gasteiger partial charge < -0.3 is 20.1 Å². The Hall–Kier alpha value is -3.68. The van der Waals surface area contributed by atoms with Gasteiger partial charge in [-0.2, -0.15) is 0 Å². The third kappa shape index (κ3) is 3.79. The second kappa shape index (κ2) is 7.28. The molecule has 27 heavy (non-hydrogen) atoms. The van der Waals surface area contributed by atoms with Gasteiger partial charge in [-0.1, -0.05) is 12.1 Å². The van der Waals surface area contributed by atoms with E-state index in [1.807, 2.05) is 18.2 Å². The molecule has 2 N–H and O–H groups in total. The number of anilines is 3. The first-order chi connectivity index (χ1) is 13.2. The van der Waals surface area contributed by atoms with E-state index in [-0.39, 0.29) is 11.4 Å². The first-order valence-electron chi connectivity index (χ1n) is 8.25. The molecule has 1 aliphatic rings. The zero-order valence-corrected chi connectivity index (χ0v) is 14.1. The number of fused-ring (bicyclic) bond motifs is 1. The molecule has 0 saturated carbocycles. The summed E-state index contributed by atoms with van der Waals surface area (Å²) in [5.74, 6) is 0.874. The monoisotopic (exact) mass is 366 g/mol. The third-order valence-corrected chi connectivity index (χ3v) is 3.84. The van der Waals surface area contributed by atoms with E-state index in [4.69, 9.17) is 9.47 Å². The average Bonchev–Trinajstić information content (AvgIpc) is 2.70. The molecule has 1 aliphatic heterocycles. The topological polar surface area (TPSA) is 85.4 Å². The Bertz CT molecular complexity index is 979. The fraction of sp³-hybridized carbons (Fsp3) is 0.105. The summed E-state index contributed by atoms with van der Waals surface area (Å²) in [5, 5.41) is 13.6. The first-order valence-corrected chi connectivity index (χ1v) is 8.25. The molecule has 136 valence electrons. The summed E-state index contributed by atoms with van der Waals surface area (Å²) < 4.78 is 24.7. The van der Waals surface area contributed by atoms with Gasteiger partial charge in [-0.3, -0.25) is 4.79 Å². The molecular weight excluding hydrogens is 351 g/mol. The van der Waals surface area contributed by atoms with E-state index in [1.54, 1.807) is 18.2 Å². The van der Waals surface area contributed by atoms with E-state index >= 15 is 0 Å². The van der Waals surface area contributed by atoms with Crippen LogP contribution in [0.2, 0.25) is 0 Å². The van der Waals surface area contributed by atoms with Gasteiger partial charge in [0.1, 0.15) is 19.0 Å². The summed E-state index contributed by atoms with van der Waals surface area (Å²) in [5.41, 5.74) is 0.703. The molecule has 3 aromatic rings. The van der Waals surface area contributed by atoms with Crippen molar-refractivity contribution in [2.24, 2.45) is 0 Å². The van der Waals surface area contributed by atoms with Crippen LogP contribution in [0.15, 0.2) is 54.6 Å². The Kier molecular flexibility index (Phi) is 4.52. The first kappa shape index (κ1) is 16.8. The lowest BCUT2D eigenvalue weighted by molar-refractivity contribution is 0.102. The van der Waals surface area contributed by atoms with E-state index in [9.17, 15) is 9.18 Å². The number of hydrogen-bond donors (Lipinski definition) is 2. The lowest BCUT2D eigenvalue weighted by atomic mass is 10.2. The van der Waals surface area contributed by atoms with E-state index in [1.165, 1.54) is 18.2 Å². The van der Waals surface area contributed by atoms with E-state index < -0.39 is 11.7 Å². The van der Waals surface area contributed by atoms with Crippen LogP contribution >= 0.6 is 0 Å². The highest BCUT2D eigenvalue weighted by Gasteiger charge is 2.13. The predicted molar refractivity (Wildman–Crippen MR) is 97.1 cm³/mol. The third-order valence-electron chi connectivity index (χ3n) is 3.84. The van der Waals surface area contributed by atoms with Gasteiger partial charge in [0.25, 0.3) is 5.91 Å². The maximum absolute atomic E-state index is 13.6. The van der Waals surface area contributed by atoms with Crippen LogP contribution in [0.3, 0.4) is 0 Å². The molecule has 0 bridgehead atoms. The van der Waals surface area contributed by atoms with Gasteiger partial charge in [0.15, 0.2) is 23.1 Å². The fourth-order valence-corrected chi connectivity index (χ4v) is 2.56. The molecule has 0 aliphatic carbocycles. The number of aromatic nitrogens is 2. The average molecular weight is 366 g/mol. The summed E-state index contributed by atoms with van der Waals surface area (Å²) in [4.78, 5) is 12.1. The number of amides is 1. The van der Waals surface area contributed by atoms with Crippen molar-refractivity contribution in [3.05, 3.63) is 66.0 Å². The highest BCUT2D eigenvalue weighted by Crippen LogP contribution is 2.33. The van der Waals surface area contributed by atoms with E-state index in [0.29, 0.717) is 30.5 Å². The van der Waals surface area contributed by atoms with Crippen LogP contribution in [-0.2, 0) is 0 Å². The number of rotatable bonds is 4. The number of carbonyl (C=O) groups is 1. The Morgan fingerprint density at radius 3 is 2.44 bits per heavy atom. The summed E-state index contributed by atoms with van der Waals surface area (Å²) in [6.45, 7) is 1.04. The molecule has 0 radical (unpaired) electrons. The number of halogens is 1. The Morgan fingerprint density at radius 2 is 1.67 bits per heavy atom. The number of nitrogens with one attached hydrogen (secondary N) is 2. The SMILES string of the molecule is O=C(Nc1ccc(Nc2ccc3c(c2)OCCO3)nn1)c1ccccc1F. The summed E-state index contributed by atoms with van der Waals surface area (Å²) in [6.07, 6.45) is 0. The van der Waals surface area contributed by atoms with Crippen molar-refractivity contribution >= 4 is 23.2 Å². The van der Waals surface area contributed by atoms with Crippen LogP contribution < -0.4 is 20.1 Å². The normalized spacial score (nSPS) is 12.3. The molecule has 8 heteroatoms. The van der Waals surface area contributed by atoms with Crippen molar-refractivity contribution in [1.82, 2.24) is 10.2 Å². The smallest absolute Gasteiger partial charge is 0.259 e. The number of carbonyl (C=O) groups excluding carboxylic acids is 1. The standard InChI is InChI=1S/C19H15FN4O3/c20-14-4-2-1-3-13(14)19(25)22-18-8-7-17(23-24-18)21-12-5-6-15-16(11-12)27-10-9-26-15/h1-8,11H,9-10H2,(H,21,23)(H,22,24,25). The largest absolute Gasteiger partial charge is 0.486 e. The minimum atomic E-state index is -0.597. The molecule has 0 spiro atoms. The lowest BCUT2D eigenvalue weighted by Crippen LogP contribution is -2.15. The Balaban J connectivity index is 1.43. The van der Waals surface area contributed by atoms with Gasteiger partial charge in [0, 0.05) is 11.8 Å². The number of hydrogen-bond acceptors (Lipinski definition) is 6. The molecule has 2 aromatic carbocycles. The molecule has 0 saturated heterocycles. The van der Waals surface area contributed by atoms with Crippen LogP contribution in [0.4, 0.5) is 21.7 Å². The summed E-state index contributed by atoms with van der Waals surface area (Å²) >= 11 is 0. The van der Waals surface area contributed by atoms with Crippen LogP contribution in [0.25, 0.3) is 0 Å². The zero-order chi connectivity index (χ0) is 18.6. The second-order valence-corrected chi connectivity index (χ2v) is 5.72.